The number of nitrogens with zero attached hydrogens (tertiary/aromatic N) is 7. The molecule has 3 heterocycles. The van der Waals surface area contributed by atoms with E-state index in [0.717, 1.165) is 43.0 Å². The lowest BCUT2D eigenvalue weighted by Crippen LogP contribution is -2.52. The van der Waals surface area contributed by atoms with Crippen LogP contribution in [-0.2, 0) is 5.41 Å². The van der Waals surface area contributed by atoms with Gasteiger partial charge in [-0.1, -0.05) is 18.2 Å². The Labute approximate surface area is 211 Å². The first-order chi connectivity index (χ1) is 17.6. The summed E-state index contributed by atoms with van der Waals surface area (Å²) >= 11 is 0. The van der Waals surface area contributed by atoms with Gasteiger partial charge in [0.2, 0.25) is 11.9 Å². The predicted molar refractivity (Wildman–Crippen MR) is 139 cm³/mol. The minimum atomic E-state index is -0.409. The average Bonchev–Trinajstić information content (AvgIpc) is 3.72. The number of hydrogen-bond donors (Lipinski definition) is 2. The molecular formula is C27H33N9. The van der Waals surface area contributed by atoms with Gasteiger partial charge in [-0.3, -0.25) is 9.80 Å². The van der Waals surface area contributed by atoms with Gasteiger partial charge >= 0.3 is 0 Å². The van der Waals surface area contributed by atoms with E-state index >= 15 is 0 Å². The largest absolute Gasteiger partial charge is 0.368 e. The maximum Gasteiger partial charge on any atom is 0.248 e. The van der Waals surface area contributed by atoms with Crippen molar-refractivity contribution < 1.29 is 0 Å². The van der Waals surface area contributed by atoms with E-state index in [9.17, 15) is 5.26 Å². The van der Waals surface area contributed by atoms with Crippen molar-refractivity contribution in [2.24, 2.45) is 0 Å². The monoisotopic (exact) mass is 483 g/mol. The van der Waals surface area contributed by atoms with Crippen LogP contribution in [0, 0.1) is 11.3 Å². The first kappa shape index (κ1) is 23.0. The Morgan fingerprint density at radius 3 is 2.17 bits per heavy atom. The smallest absolute Gasteiger partial charge is 0.248 e. The molecule has 0 radical (unpaired) electrons. The van der Waals surface area contributed by atoms with Gasteiger partial charge in [-0.2, -0.15) is 14.9 Å². The third kappa shape index (κ3) is 4.54. The minimum absolute atomic E-state index is 0.266. The van der Waals surface area contributed by atoms with Crippen LogP contribution in [0.25, 0.3) is 5.82 Å². The number of aromatic nitrogens is 4. The van der Waals surface area contributed by atoms with Crippen molar-refractivity contribution in [1.29, 1.82) is 5.26 Å². The van der Waals surface area contributed by atoms with Crippen molar-refractivity contribution in [2.75, 3.05) is 37.2 Å². The van der Waals surface area contributed by atoms with Crippen LogP contribution in [-0.4, -0.2) is 67.8 Å². The van der Waals surface area contributed by atoms with E-state index < -0.39 is 5.41 Å². The van der Waals surface area contributed by atoms with Gasteiger partial charge in [0.15, 0.2) is 5.82 Å². The summed E-state index contributed by atoms with van der Waals surface area (Å²) < 4.78 is 1.51. The molecule has 9 nitrogen and oxygen atoms in total. The summed E-state index contributed by atoms with van der Waals surface area (Å²) in [5.41, 5.74) is 7.58. The number of nitrogens with two attached hydrogens (primary N) is 1. The van der Waals surface area contributed by atoms with E-state index in [1.165, 1.54) is 43.7 Å². The van der Waals surface area contributed by atoms with Crippen LogP contribution >= 0.6 is 0 Å². The Morgan fingerprint density at radius 2 is 1.58 bits per heavy atom. The third-order valence-electron chi connectivity index (χ3n) is 8.14. The maximum absolute atomic E-state index is 10.2. The second-order valence-electron chi connectivity index (χ2n) is 10.3. The van der Waals surface area contributed by atoms with Crippen LogP contribution in [0.15, 0.2) is 48.7 Å². The van der Waals surface area contributed by atoms with Gasteiger partial charge in [0.05, 0.1) is 11.5 Å². The molecule has 186 valence electrons. The van der Waals surface area contributed by atoms with Crippen LogP contribution in [0.3, 0.4) is 0 Å². The van der Waals surface area contributed by atoms with E-state index in [1.807, 2.05) is 30.3 Å². The van der Waals surface area contributed by atoms with Gasteiger partial charge in [-0.25, -0.2) is 4.98 Å². The second kappa shape index (κ2) is 9.52. The molecule has 2 saturated carbocycles. The molecule has 3 aliphatic rings. The molecule has 3 aromatic rings. The highest BCUT2D eigenvalue weighted by Crippen LogP contribution is 2.41. The third-order valence-corrected chi connectivity index (χ3v) is 8.14. The fourth-order valence-electron chi connectivity index (χ4n) is 5.86. The quantitative estimate of drug-likeness (QED) is 0.548. The minimum Gasteiger partial charge on any atom is -0.368 e. The summed E-state index contributed by atoms with van der Waals surface area (Å²) in [5.74, 6) is 1.28. The predicted octanol–water partition coefficient (Wildman–Crippen LogP) is 3.47. The van der Waals surface area contributed by atoms with Crippen LogP contribution in [0.2, 0.25) is 0 Å². The molecule has 9 heteroatoms. The fourth-order valence-corrected chi connectivity index (χ4v) is 5.86. The lowest BCUT2D eigenvalue weighted by atomic mass is 9.69. The number of nitrogen functional groups attached to an aromatic ring is 1. The molecule has 1 aliphatic heterocycles. The molecule has 0 atom stereocenters. The molecular weight excluding hydrogens is 450 g/mol. The molecule has 0 amide bonds. The van der Waals surface area contributed by atoms with Crippen LogP contribution in [0.4, 0.5) is 17.6 Å². The van der Waals surface area contributed by atoms with Gasteiger partial charge in [0, 0.05) is 50.1 Å². The highest BCUT2D eigenvalue weighted by molar-refractivity contribution is 5.56. The number of nitriles is 1. The van der Waals surface area contributed by atoms with E-state index in [1.54, 1.807) is 6.20 Å². The molecule has 36 heavy (non-hydrogen) atoms. The van der Waals surface area contributed by atoms with Gasteiger partial charge in [-0.15, -0.1) is 5.10 Å². The molecule has 1 saturated heterocycles. The van der Waals surface area contributed by atoms with Crippen LogP contribution < -0.4 is 11.1 Å². The molecule has 3 fully saturated rings. The highest BCUT2D eigenvalue weighted by atomic mass is 15.4. The summed E-state index contributed by atoms with van der Waals surface area (Å²) in [5, 5.41) is 17.9. The SMILES string of the molecule is N#CC1(c2ccc(Nc3nc(N)n(-c4ccccn4)n3)cc2)CCC(N2CCN(C3CC3)CC2)CC1. The van der Waals surface area contributed by atoms with Gasteiger partial charge in [0.1, 0.15) is 0 Å². The molecule has 6 rings (SSSR count). The molecule has 0 unspecified atom stereocenters. The summed E-state index contributed by atoms with van der Waals surface area (Å²) in [6.45, 7) is 4.77. The Balaban J connectivity index is 1.08. The van der Waals surface area contributed by atoms with E-state index in [4.69, 9.17) is 5.73 Å². The summed E-state index contributed by atoms with van der Waals surface area (Å²) in [4.78, 5) is 13.9. The Hall–Kier alpha value is -3.48. The van der Waals surface area contributed by atoms with Crippen LogP contribution in [0.5, 0.6) is 0 Å². The van der Waals surface area contributed by atoms with Crippen molar-refractivity contribution in [3.63, 3.8) is 0 Å². The first-order valence-corrected chi connectivity index (χ1v) is 13.0. The zero-order chi connectivity index (χ0) is 24.5. The summed E-state index contributed by atoms with van der Waals surface area (Å²) in [6.07, 6.45) is 8.47. The lowest BCUT2D eigenvalue weighted by Gasteiger charge is -2.44. The van der Waals surface area contributed by atoms with Crippen molar-refractivity contribution in [2.45, 2.75) is 56.0 Å². The van der Waals surface area contributed by atoms with Gasteiger partial charge in [-0.05, 0) is 68.4 Å². The summed E-state index contributed by atoms with van der Waals surface area (Å²) in [6, 6.07) is 17.8. The van der Waals surface area contributed by atoms with Crippen LogP contribution in [0.1, 0.15) is 44.1 Å². The standard InChI is InChI=1S/C27H33N9/c28-19-27(12-10-23(11-13-27)35-17-15-34(16-18-35)22-8-9-22)20-4-6-21(7-5-20)31-26-32-25(29)36(33-26)24-3-1-2-14-30-24/h1-7,14,22-23H,8-13,15-18H2,(H3,29,31,32,33). The molecule has 2 aromatic heterocycles. The first-order valence-electron chi connectivity index (χ1n) is 13.0. The molecule has 1 aromatic carbocycles. The van der Waals surface area contributed by atoms with Gasteiger partial charge < -0.3 is 11.1 Å². The Kier molecular flexibility index (Phi) is 6.07. The molecule has 0 bridgehead atoms. The summed E-state index contributed by atoms with van der Waals surface area (Å²) in [7, 11) is 0. The number of hydrogen-bond acceptors (Lipinski definition) is 8. The fraction of sp³-hybridized carbons (Fsp3) is 0.481. The number of piperazine rings is 1. The Morgan fingerprint density at radius 1 is 0.917 bits per heavy atom. The number of pyridine rings is 1. The van der Waals surface area contributed by atoms with E-state index in [-0.39, 0.29) is 5.95 Å². The lowest BCUT2D eigenvalue weighted by molar-refractivity contribution is 0.0675. The van der Waals surface area contributed by atoms with E-state index in [0.29, 0.717) is 17.8 Å². The molecule has 2 aliphatic carbocycles. The number of rotatable bonds is 6. The van der Waals surface area contributed by atoms with Crippen molar-refractivity contribution in [3.05, 3.63) is 54.2 Å². The number of benzene rings is 1. The van der Waals surface area contributed by atoms with Crippen molar-refractivity contribution in [3.8, 4) is 11.9 Å². The van der Waals surface area contributed by atoms with Gasteiger partial charge in [0.25, 0.3) is 0 Å². The zero-order valence-electron chi connectivity index (χ0n) is 20.6. The normalized spacial score (nSPS) is 25.4. The molecule has 0 spiro atoms. The van der Waals surface area contributed by atoms with E-state index in [2.05, 4.69) is 48.4 Å². The molecule has 3 N–H and O–H groups in total. The number of anilines is 3. The van der Waals surface area contributed by atoms with Crippen molar-refractivity contribution in [1.82, 2.24) is 29.5 Å². The highest BCUT2D eigenvalue weighted by Gasteiger charge is 2.40. The second-order valence-corrected chi connectivity index (χ2v) is 10.3. The van der Waals surface area contributed by atoms with Crippen molar-refractivity contribution >= 4 is 17.6 Å². The number of nitrogens with one attached hydrogen (secondary N) is 1. The average molecular weight is 484 g/mol. The zero-order valence-corrected chi connectivity index (χ0v) is 20.6. The maximum atomic E-state index is 10.2. The Bertz CT molecular complexity index is 1210. The topological polar surface area (TPSA) is 112 Å².